The van der Waals surface area contributed by atoms with Gasteiger partial charge in [0.1, 0.15) is 0 Å². The molecule has 0 amide bonds. The van der Waals surface area contributed by atoms with E-state index in [1.807, 2.05) is 0 Å². The molecule has 0 saturated carbocycles. The lowest BCUT2D eigenvalue weighted by Gasteiger charge is -2.28. The van der Waals surface area contributed by atoms with Gasteiger partial charge in [-0.15, -0.1) is 0 Å². The summed E-state index contributed by atoms with van der Waals surface area (Å²) in [6.45, 7) is 14.6. The Morgan fingerprint density at radius 1 is 1.22 bits per heavy atom. The molecule has 0 aromatic carbocycles. The number of hydrogen-bond donors (Lipinski definition) is 1. The van der Waals surface area contributed by atoms with Gasteiger partial charge >= 0.3 is 0 Å². The SMILES string of the molecule is CCCNC(CC)CCC1CC(C)(C)OC1(C)C. The lowest BCUT2D eigenvalue weighted by molar-refractivity contribution is -0.0754. The van der Waals surface area contributed by atoms with Crippen LogP contribution in [0.2, 0.25) is 0 Å². The molecule has 108 valence electrons. The maximum absolute atomic E-state index is 6.18. The zero-order valence-corrected chi connectivity index (χ0v) is 13.3. The van der Waals surface area contributed by atoms with Gasteiger partial charge in [-0.3, -0.25) is 0 Å². The number of ether oxygens (including phenoxy) is 1. The minimum absolute atomic E-state index is 0.0482. The Hall–Kier alpha value is -0.0800. The van der Waals surface area contributed by atoms with E-state index in [2.05, 4.69) is 46.9 Å². The fourth-order valence-electron chi connectivity index (χ4n) is 3.33. The molecule has 1 heterocycles. The van der Waals surface area contributed by atoms with Crippen molar-refractivity contribution in [2.45, 2.75) is 90.9 Å². The molecule has 1 aliphatic heterocycles. The minimum atomic E-state index is 0.0482. The Morgan fingerprint density at radius 2 is 1.89 bits per heavy atom. The molecule has 2 heteroatoms. The largest absolute Gasteiger partial charge is 0.369 e. The van der Waals surface area contributed by atoms with Crippen molar-refractivity contribution < 1.29 is 4.74 Å². The summed E-state index contributed by atoms with van der Waals surface area (Å²) in [6, 6.07) is 0.685. The molecule has 0 radical (unpaired) electrons. The first-order valence-corrected chi connectivity index (χ1v) is 7.74. The molecule has 1 saturated heterocycles. The summed E-state index contributed by atoms with van der Waals surface area (Å²) < 4.78 is 6.18. The van der Waals surface area contributed by atoms with Gasteiger partial charge < -0.3 is 10.1 Å². The summed E-state index contributed by atoms with van der Waals surface area (Å²) in [4.78, 5) is 0. The van der Waals surface area contributed by atoms with Crippen molar-refractivity contribution in [2.24, 2.45) is 5.92 Å². The van der Waals surface area contributed by atoms with Gasteiger partial charge in [0.25, 0.3) is 0 Å². The van der Waals surface area contributed by atoms with E-state index in [-0.39, 0.29) is 11.2 Å². The predicted octanol–water partition coefficient (Wildman–Crippen LogP) is 4.14. The zero-order valence-electron chi connectivity index (χ0n) is 13.3. The van der Waals surface area contributed by atoms with Gasteiger partial charge in [-0.2, -0.15) is 0 Å². The van der Waals surface area contributed by atoms with Crippen molar-refractivity contribution in [1.82, 2.24) is 5.32 Å². The van der Waals surface area contributed by atoms with Crippen molar-refractivity contribution >= 4 is 0 Å². The first-order valence-electron chi connectivity index (χ1n) is 7.74. The standard InChI is InChI=1S/C16H33NO/c1-7-11-17-14(8-2)10-9-13-12-15(3,4)18-16(13,5)6/h13-14,17H,7-12H2,1-6H3. The Bertz CT molecular complexity index is 247. The third-order valence-corrected chi connectivity index (χ3v) is 4.30. The van der Waals surface area contributed by atoms with Gasteiger partial charge in [0.15, 0.2) is 0 Å². The predicted molar refractivity (Wildman–Crippen MR) is 79.0 cm³/mol. The van der Waals surface area contributed by atoms with E-state index in [1.54, 1.807) is 0 Å². The summed E-state index contributed by atoms with van der Waals surface area (Å²) >= 11 is 0. The molecule has 1 rings (SSSR count). The van der Waals surface area contributed by atoms with E-state index >= 15 is 0 Å². The van der Waals surface area contributed by atoms with Gasteiger partial charge in [0, 0.05) is 6.04 Å². The molecule has 2 atom stereocenters. The highest BCUT2D eigenvalue weighted by atomic mass is 16.5. The van der Waals surface area contributed by atoms with Crippen molar-refractivity contribution in [1.29, 1.82) is 0 Å². The van der Waals surface area contributed by atoms with E-state index in [0.717, 1.165) is 6.54 Å². The fourth-order valence-corrected chi connectivity index (χ4v) is 3.33. The molecular formula is C16H33NO. The van der Waals surface area contributed by atoms with Gasteiger partial charge in [-0.05, 0) is 72.3 Å². The van der Waals surface area contributed by atoms with Crippen LogP contribution in [0, 0.1) is 5.92 Å². The Morgan fingerprint density at radius 3 is 2.33 bits per heavy atom. The molecule has 0 aromatic rings. The molecule has 0 aromatic heterocycles. The van der Waals surface area contributed by atoms with Crippen LogP contribution < -0.4 is 5.32 Å². The number of nitrogens with one attached hydrogen (secondary N) is 1. The number of hydrogen-bond acceptors (Lipinski definition) is 2. The highest BCUT2D eigenvalue weighted by Gasteiger charge is 2.45. The van der Waals surface area contributed by atoms with Crippen LogP contribution in [-0.2, 0) is 4.74 Å². The lowest BCUT2D eigenvalue weighted by atomic mass is 9.83. The van der Waals surface area contributed by atoms with Crippen molar-refractivity contribution in [3.8, 4) is 0 Å². The third-order valence-electron chi connectivity index (χ3n) is 4.30. The van der Waals surface area contributed by atoms with Gasteiger partial charge in [0.05, 0.1) is 11.2 Å². The Labute approximate surface area is 114 Å². The zero-order chi connectivity index (χ0) is 13.8. The van der Waals surface area contributed by atoms with E-state index in [1.165, 1.54) is 32.1 Å². The molecule has 0 spiro atoms. The van der Waals surface area contributed by atoms with Crippen LogP contribution in [0.5, 0.6) is 0 Å². The van der Waals surface area contributed by atoms with Crippen LogP contribution in [0.15, 0.2) is 0 Å². The summed E-state index contributed by atoms with van der Waals surface area (Å²) in [5.41, 5.74) is 0.110. The maximum atomic E-state index is 6.18. The quantitative estimate of drug-likeness (QED) is 0.738. The van der Waals surface area contributed by atoms with E-state index in [4.69, 9.17) is 4.74 Å². The summed E-state index contributed by atoms with van der Waals surface area (Å²) in [5.74, 6) is 0.699. The molecule has 1 N–H and O–H groups in total. The van der Waals surface area contributed by atoms with Crippen LogP contribution in [0.4, 0.5) is 0 Å². The van der Waals surface area contributed by atoms with E-state index in [0.29, 0.717) is 12.0 Å². The highest BCUT2D eigenvalue weighted by Crippen LogP contribution is 2.44. The summed E-state index contributed by atoms with van der Waals surface area (Å²) in [5, 5.41) is 3.65. The maximum Gasteiger partial charge on any atom is 0.0662 e. The molecule has 1 fully saturated rings. The second kappa shape index (κ2) is 6.38. The smallest absolute Gasteiger partial charge is 0.0662 e. The molecule has 2 unspecified atom stereocenters. The molecule has 0 aliphatic carbocycles. The normalized spacial score (nSPS) is 27.3. The topological polar surface area (TPSA) is 21.3 Å². The highest BCUT2D eigenvalue weighted by molar-refractivity contribution is 4.94. The van der Waals surface area contributed by atoms with Crippen LogP contribution in [0.25, 0.3) is 0 Å². The molecule has 18 heavy (non-hydrogen) atoms. The first-order chi connectivity index (χ1) is 8.30. The average Bonchev–Trinajstić information content (AvgIpc) is 2.47. The number of rotatable bonds is 7. The lowest BCUT2D eigenvalue weighted by Crippen LogP contribution is -2.33. The van der Waals surface area contributed by atoms with E-state index in [9.17, 15) is 0 Å². The second-order valence-electron chi connectivity index (χ2n) is 7.00. The summed E-state index contributed by atoms with van der Waals surface area (Å²) in [7, 11) is 0. The second-order valence-corrected chi connectivity index (χ2v) is 7.00. The van der Waals surface area contributed by atoms with Crippen LogP contribution in [0.1, 0.15) is 73.6 Å². The van der Waals surface area contributed by atoms with Crippen LogP contribution >= 0.6 is 0 Å². The first kappa shape index (κ1) is 16.0. The fraction of sp³-hybridized carbons (Fsp3) is 1.00. The average molecular weight is 255 g/mol. The van der Waals surface area contributed by atoms with E-state index < -0.39 is 0 Å². The van der Waals surface area contributed by atoms with Crippen LogP contribution in [0.3, 0.4) is 0 Å². The van der Waals surface area contributed by atoms with Crippen molar-refractivity contribution in [2.75, 3.05) is 6.54 Å². The Balaban J connectivity index is 2.42. The van der Waals surface area contributed by atoms with Crippen LogP contribution in [-0.4, -0.2) is 23.8 Å². The molecule has 1 aliphatic rings. The van der Waals surface area contributed by atoms with Gasteiger partial charge in [-0.1, -0.05) is 13.8 Å². The summed E-state index contributed by atoms with van der Waals surface area (Å²) in [6.07, 6.45) is 6.22. The Kier molecular flexibility index (Phi) is 5.67. The third kappa shape index (κ3) is 4.55. The van der Waals surface area contributed by atoms with Gasteiger partial charge in [-0.25, -0.2) is 0 Å². The minimum Gasteiger partial charge on any atom is -0.369 e. The monoisotopic (exact) mass is 255 g/mol. The molecule has 2 nitrogen and oxygen atoms in total. The molecular weight excluding hydrogens is 222 g/mol. The molecule has 0 bridgehead atoms. The van der Waals surface area contributed by atoms with Gasteiger partial charge in [0.2, 0.25) is 0 Å². The van der Waals surface area contributed by atoms with Crippen molar-refractivity contribution in [3.63, 3.8) is 0 Å². The van der Waals surface area contributed by atoms with Crippen molar-refractivity contribution in [3.05, 3.63) is 0 Å².